The van der Waals surface area contributed by atoms with Gasteiger partial charge >= 0.3 is 17.5 Å². The molecule has 1 heterocycles. The van der Waals surface area contributed by atoms with E-state index >= 15 is 0 Å². The Morgan fingerprint density at radius 2 is 1.90 bits per heavy atom. The van der Waals surface area contributed by atoms with Crippen molar-refractivity contribution in [3.05, 3.63) is 38.6 Å². The third-order valence-corrected chi connectivity index (χ3v) is 2.50. The van der Waals surface area contributed by atoms with Crippen molar-refractivity contribution in [2.24, 2.45) is 0 Å². The Kier molecular flexibility index (Phi) is 3.29. The molecule has 0 aliphatic rings. The second kappa shape index (κ2) is 4.91. The van der Waals surface area contributed by atoms with Crippen LogP contribution >= 0.6 is 0 Å². The molecule has 0 radical (unpaired) electrons. The Morgan fingerprint density at radius 3 is 2.45 bits per heavy atom. The summed E-state index contributed by atoms with van der Waals surface area (Å²) in [5.74, 6) is 0. The molecule has 0 atom stereocenters. The van der Waals surface area contributed by atoms with Gasteiger partial charge in [-0.2, -0.15) is 9.78 Å². The number of fused-ring (bicyclic) bond motifs is 1. The molecule has 0 spiro atoms. The number of hydrogen-bond acceptors (Lipinski definition) is 7. The summed E-state index contributed by atoms with van der Waals surface area (Å²) in [6.45, 7) is 1.70. The lowest BCUT2D eigenvalue weighted by molar-refractivity contribution is -0.422. The van der Waals surface area contributed by atoms with E-state index < -0.39 is 27.3 Å². The van der Waals surface area contributed by atoms with Crippen molar-refractivity contribution in [1.29, 1.82) is 0 Å². The van der Waals surface area contributed by atoms with E-state index in [0.29, 0.717) is 0 Å². The van der Waals surface area contributed by atoms with Gasteiger partial charge in [0, 0.05) is 11.5 Å². The van der Waals surface area contributed by atoms with Crippen molar-refractivity contribution in [2.45, 2.75) is 6.92 Å². The molecule has 20 heavy (non-hydrogen) atoms. The summed E-state index contributed by atoms with van der Waals surface area (Å²) in [6, 6.07) is 1.92. The minimum absolute atomic E-state index is 0.0701. The van der Waals surface area contributed by atoms with Crippen LogP contribution in [0.15, 0.2) is 18.3 Å². The van der Waals surface area contributed by atoms with Gasteiger partial charge in [0.1, 0.15) is 0 Å². The van der Waals surface area contributed by atoms with Crippen molar-refractivity contribution in [3.8, 4) is 0 Å². The minimum atomic E-state index is -0.889. The number of nitrogens with zero attached hydrogens (tertiary/aromatic N) is 4. The number of nitro benzene ring substituents is 2. The van der Waals surface area contributed by atoms with E-state index in [4.69, 9.17) is 4.74 Å². The summed E-state index contributed by atoms with van der Waals surface area (Å²) in [5.41, 5.74) is -1.31. The standard InChI is InChI=1S/C10H8N4O6/c1-2-20-10(15)12-7-4-9(14(18)19)8(13(16)17)3-6(7)5-11-12/h3-5H,2H2,1H3. The van der Waals surface area contributed by atoms with Gasteiger partial charge in [-0.05, 0) is 6.92 Å². The third kappa shape index (κ3) is 2.13. The molecule has 10 heteroatoms. The van der Waals surface area contributed by atoms with Crippen LogP contribution in [0.4, 0.5) is 16.2 Å². The lowest BCUT2D eigenvalue weighted by Crippen LogP contribution is -2.14. The van der Waals surface area contributed by atoms with E-state index in [1.165, 1.54) is 6.20 Å². The van der Waals surface area contributed by atoms with Gasteiger partial charge in [-0.15, -0.1) is 0 Å². The first-order chi connectivity index (χ1) is 9.45. The van der Waals surface area contributed by atoms with Crippen LogP contribution in [-0.4, -0.2) is 32.3 Å². The van der Waals surface area contributed by atoms with Gasteiger partial charge in [0.2, 0.25) is 0 Å². The lowest BCUT2D eigenvalue weighted by Gasteiger charge is -2.02. The summed E-state index contributed by atoms with van der Waals surface area (Å²) in [7, 11) is 0. The van der Waals surface area contributed by atoms with Gasteiger partial charge in [-0.1, -0.05) is 0 Å². The highest BCUT2D eigenvalue weighted by Gasteiger charge is 2.27. The van der Waals surface area contributed by atoms with Gasteiger partial charge in [-0.3, -0.25) is 20.2 Å². The molecule has 0 saturated carbocycles. The maximum atomic E-state index is 11.6. The summed E-state index contributed by atoms with van der Waals surface area (Å²) >= 11 is 0. The number of benzene rings is 1. The molecular weight excluding hydrogens is 272 g/mol. The smallest absolute Gasteiger partial charge is 0.435 e. The molecule has 0 aliphatic carbocycles. The summed E-state index contributed by atoms with van der Waals surface area (Å²) in [6.07, 6.45) is 0.383. The lowest BCUT2D eigenvalue weighted by atomic mass is 10.2. The quantitative estimate of drug-likeness (QED) is 0.619. The molecule has 2 rings (SSSR count). The molecule has 104 valence electrons. The van der Waals surface area contributed by atoms with Crippen molar-refractivity contribution >= 4 is 28.4 Å². The second-order valence-corrected chi connectivity index (χ2v) is 3.67. The first-order valence-electron chi connectivity index (χ1n) is 5.43. The minimum Gasteiger partial charge on any atom is -0.448 e. The fraction of sp³-hybridized carbons (Fsp3) is 0.200. The van der Waals surface area contributed by atoms with E-state index in [1.54, 1.807) is 6.92 Å². The molecule has 10 nitrogen and oxygen atoms in total. The largest absolute Gasteiger partial charge is 0.448 e. The van der Waals surface area contributed by atoms with Crippen molar-refractivity contribution in [2.75, 3.05) is 6.61 Å². The molecular formula is C10H8N4O6. The normalized spacial score (nSPS) is 10.4. The number of carbonyl (C=O) groups excluding carboxylic acids is 1. The van der Waals surface area contributed by atoms with E-state index in [0.717, 1.165) is 16.8 Å². The predicted octanol–water partition coefficient (Wildman–Crippen LogP) is 1.86. The van der Waals surface area contributed by atoms with Crippen LogP contribution in [0.3, 0.4) is 0 Å². The predicted molar refractivity (Wildman–Crippen MR) is 65.5 cm³/mol. The number of ether oxygens (including phenoxy) is 1. The average Bonchev–Trinajstić information content (AvgIpc) is 2.80. The van der Waals surface area contributed by atoms with Crippen LogP contribution in [0.2, 0.25) is 0 Å². The van der Waals surface area contributed by atoms with Gasteiger partial charge in [0.15, 0.2) is 0 Å². The van der Waals surface area contributed by atoms with Crippen LogP contribution < -0.4 is 0 Å². The molecule has 1 aromatic carbocycles. The van der Waals surface area contributed by atoms with E-state index in [-0.39, 0.29) is 17.5 Å². The highest BCUT2D eigenvalue weighted by molar-refractivity contribution is 5.91. The Labute approximate surface area is 110 Å². The van der Waals surface area contributed by atoms with Crippen molar-refractivity contribution < 1.29 is 19.4 Å². The van der Waals surface area contributed by atoms with Gasteiger partial charge in [-0.25, -0.2) is 4.79 Å². The third-order valence-electron chi connectivity index (χ3n) is 2.50. The maximum absolute atomic E-state index is 11.6. The fourth-order valence-corrected chi connectivity index (χ4v) is 1.67. The highest BCUT2D eigenvalue weighted by Crippen LogP contribution is 2.31. The van der Waals surface area contributed by atoms with E-state index in [2.05, 4.69) is 5.10 Å². The highest BCUT2D eigenvalue weighted by atomic mass is 16.6. The van der Waals surface area contributed by atoms with Crippen LogP contribution in [0.5, 0.6) is 0 Å². The first kappa shape index (κ1) is 13.4. The fourth-order valence-electron chi connectivity index (χ4n) is 1.67. The van der Waals surface area contributed by atoms with Crippen LogP contribution in [0, 0.1) is 20.2 Å². The number of rotatable bonds is 3. The molecule has 0 aliphatic heterocycles. The topological polar surface area (TPSA) is 130 Å². The zero-order valence-corrected chi connectivity index (χ0v) is 10.2. The Bertz CT molecular complexity index is 722. The molecule has 0 unspecified atom stereocenters. The Hall–Kier alpha value is -3.04. The number of hydrogen-bond donors (Lipinski definition) is 0. The van der Waals surface area contributed by atoms with Gasteiger partial charge in [0.25, 0.3) is 0 Å². The number of aromatic nitrogens is 2. The number of carbonyl (C=O) groups is 1. The van der Waals surface area contributed by atoms with Gasteiger partial charge in [0.05, 0.1) is 34.2 Å². The second-order valence-electron chi connectivity index (χ2n) is 3.67. The molecule has 0 saturated heterocycles. The zero-order chi connectivity index (χ0) is 14.9. The van der Waals surface area contributed by atoms with Crippen LogP contribution in [0.25, 0.3) is 10.9 Å². The molecule has 0 amide bonds. The van der Waals surface area contributed by atoms with Crippen LogP contribution in [0.1, 0.15) is 6.92 Å². The first-order valence-corrected chi connectivity index (χ1v) is 5.43. The summed E-state index contributed by atoms with van der Waals surface area (Å²) in [5, 5.41) is 25.6. The van der Waals surface area contributed by atoms with Crippen LogP contribution in [-0.2, 0) is 4.74 Å². The van der Waals surface area contributed by atoms with Crippen molar-refractivity contribution in [1.82, 2.24) is 9.78 Å². The maximum Gasteiger partial charge on any atom is 0.435 e. The molecule has 0 N–H and O–H groups in total. The SMILES string of the molecule is CCOC(=O)n1ncc2cc([N+](=O)[O-])c([N+](=O)[O-])cc21. The van der Waals surface area contributed by atoms with E-state index in [9.17, 15) is 25.0 Å². The molecule has 0 bridgehead atoms. The monoisotopic (exact) mass is 280 g/mol. The molecule has 1 aromatic heterocycles. The zero-order valence-electron chi connectivity index (χ0n) is 10.2. The summed E-state index contributed by atoms with van der Waals surface area (Å²) < 4.78 is 5.55. The average molecular weight is 280 g/mol. The Balaban J connectivity index is 2.68. The number of nitro groups is 2. The molecule has 2 aromatic rings. The van der Waals surface area contributed by atoms with Gasteiger partial charge < -0.3 is 4.74 Å². The molecule has 0 fully saturated rings. The van der Waals surface area contributed by atoms with E-state index in [1.807, 2.05) is 0 Å². The summed E-state index contributed by atoms with van der Waals surface area (Å²) in [4.78, 5) is 31.5. The Morgan fingerprint density at radius 1 is 1.30 bits per heavy atom. The van der Waals surface area contributed by atoms with Crippen molar-refractivity contribution in [3.63, 3.8) is 0 Å².